The van der Waals surface area contributed by atoms with Crippen molar-refractivity contribution in [3.8, 4) is 0 Å². The highest BCUT2D eigenvalue weighted by atomic mass is 127. The molecule has 140 valence electrons. The fraction of sp³-hybridized carbons (Fsp3) is 0.556. The largest absolute Gasteiger partial charge is 0.376 e. The number of guanidine groups is 1. The minimum atomic E-state index is -0.0539. The molecule has 1 atom stereocenters. The van der Waals surface area contributed by atoms with Gasteiger partial charge in [-0.25, -0.2) is 0 Å². The maximum atomic E-state index is 12.1. The molecule has 1 aliphatic heterocycles. The van der Waals surface area contributed by atoms with Gasteiger partial charge in [0, 0.05) is 31.8 Å². The zero-order valence-electron chi connectivity index (χ0n) is 15.0. The van der Waals surface area contributed by atoms with Crippen molar-refractivity contribution in [2.45, 2.75) is 32.8 Å². The van der Waals surface area contributed by atoms with Crippen LogP contribution in [0.1, 0.15) is 35.7 Å². The van der Waals surface area contributed by atoms with E-state index in [0.717, 1.165) is 37.5 Å². The summed E-state index contributed by atoms with van der Waals surface area (Å²) in [7, 11) is 0. The van der Waals surface area contributed by atoms with Gasteiger partial charge >= 0.3 is 0 Å². The molecule has 1 saturated heterocycles. The normalized spacial score (nSPS) is 16.9. The molecule has 1 aromatic carbocycles. The van der Waals surface area contributed by atoms with Crippen molar-refractivity contribution in [3.05, 3.63) is 35.4 Å². The molecule has 0 bridgehead atoms. The average molecular weight is 460 g/mol. The van der Waals surface area contributed by atoms with E-state index in [9.17, 15) is 4.79 Å². The molecule has 0 saturated carbocycles. The average Bonchev–Trinajstić information content (AvgIpc) is 3.09. The lowest BCUT2D eigenvalue weighted by atomic mass is 10.1. The monoisotopic (exact) mass is 460 g/mol. The third-order valence-electron chi connectivity index (χ3n) is 3.80. The van der Waals surface area contributed by atoms with Crippen LogP contribution < -0.4 is 16.0 Å². The van der Waals surface area contributed by atoms with Gasteiger partial charge in [0.15, 0.2) is 5.96 Å². The second-order valence-electron chi connectivity index (χ2n) is 5.91. The highest BCUT2D eigenvalue weighted by molar-refractivity contribution is 14.0. The van der Waals surface area contributed by atoms with Crippen LogP contribution in [-0.4, -0.2) is 50.8 Å². The number of nitrogens with one attached hydrogen (secondary N) is 3. The Morgan fingerprint density at radius 2 is 2.08 bits per heavy atom. The smallest absolute Gasteiger partial charge is 0.251 e. The van der Waals surface area contributed by atoms with E-state index in [-0.39, 0.29) is 36.0 Å². The molecule has 3 N–H and O–H groups in total. The summed E-state index contributed by atoms with van der Waals surface area (Å²) in [5.41, 5.74) is 1.77. The van der Waals surface area contributed by atoms with Gasteiger partial charge in [-0.3, -0.25) is 9.79 Å². The Hall–Kier alpha value is -1.35. The number of carbonyl (C=O) groups is 1. The Labute approximate surface area is 167 Å². The molecule has 0 radical (unpaired) electrons. The second kappa shape index (κ2) is 12.1. The van der Waals surface area contributed by atoms with Crippen LogP contribution in [0.3, 0.4) is 0 Å². The quantitative estimate of drug-likeness (QED) is 0.252. The maximum Gasteiger partial charge on any atom is 0.251 e. The molecule has 0 aliphatic carbocycles. The summed E-state index contributed by atoms with van der Waals surface area (Å²) in [6.45, 7) is 7.48. The fourth-order valence-corrected chi connectivity index (χ4v) is 2.57. The number of benzene rings is 1. The maximum absolute atomic E-state index is 12.1. The van der Waals surface area contributed by atoms with Crippen LogP contribution in [0.5, 0.6) is 0 Å². The summed E-state index contributed by atoms with van der Waals surface area (Å²) in [6.07, 6.45) is 2.44. The van der Waals surface area contributed by atoms with Crippen molar-refractivity contribution in [1.29, 1.82) is 0 Å². The number of aliphatic imine (C=N–C) groups is 1. The lowest BCUT2D eigenvalue weighted by Crippen LogP contribution is -2.42. The summed E-state index contributed by atoms with van der Waals surface area (Å²) in [6, 6.07) is 7.58. The van der Waals surface area contributed by atoms with E-state index in [1.165, 1.54) is 0 Å². The van der Waals surface area contributed by atoms with E-state index in [1.807, 2.05) is 38.1 Å². The third kappa shape index (κ3) is 8.04. The molecule has 1 fully saturated rings. The molecule has 0 spiro atoms. The van der Waals surface area contributed by atoms with Crippen LogP contribution in [0.2, 0.25) is 0 Å². The molecule has 0 aromatic heterocycles. The molecule has 1 amide bonds. The van der Waals surface area contributed by atoms with Gasteiger partial charge < -0.3 is 20.7 Å². The molecule has 6 nitrogen and oxygen atoms in total. The summed E-state index contributed by atoms with van der Waals surface area (Å²) in [4.78, 5) is 16.6. The Kier molecular flexibility index (Phi) is 10.5. The van der Waals surface area contributed by atoms with E-state index in [1.54, 1.807) is 0 Å². The number of rotatable bonds is 7. The summed E-state index contributed by atoms with van der Waals surface area (Å²) >= 11 is 0. The van der Waals surface area contributed by atoms with Gasteiger partial charge in [-0.15, -0.1) is 24.0 Å². The first-order valence-electron chi connectivity index (χ1n) is 8.67. The number of aryl methyl sites for hydroxylation is 1. The SMILES string of the molecule is CCNC(=NCC1CCCO1)NCCNC(=O)c1cccc(C)c1.I. The van der Waals surface area contributed by atoms with Crippen LogP contribution >= 0.6 is 24.0 Å². The van der Waals surface area contributed by atoms with E-state index < -0.39 is 0 Å². The van der Waals surface area contributed by atoms with Gasteiger partial charge in [-0.1, -0.05) is 17.7 Å². The second-order valence-corrected chi connectivity index (χ2v) is 5.91. The van der Waals surface area contributed by atoms with E-state index >= 15 is 0 Å². The van der Waals surface area contributed by atoms with Crippen LogP contribution in [-0.2, 0) is 4.74 Å². The number of ether oxygens (including phenoxy) is 1. The van der Waals surface area contributed by atoms with E-state index in [2.05, 4.69) is 20.9 Å². The molecule has 1 unspecified atom stereocenters. The van der Waals surface area contributed by atoms with Crippen molar-refractivity contribution in [1.82, 2.24) is 16.0 Å². The Balaban J connectivity index is 0.00000312. The van der Waals surface area contributed by atoms with E-state index in [0.29, 0.717) is 25.2 Å². The minimum Gasteiger partial charge on any atom is -0.376 e. The molecule has 1 aliphatic rings. The number of hydrogen-bond donors (Lipinski definition) is 3. The highest BCUT2D eigenvalue weighted by Crippen LogP contribution is 2.11. The first kappa shape index (κ1) is 21.7. The number of nitrogens with zero attached hydrogens (tertiary/aromatic N) is 1. The Morgan fingerprint density at radius 3 is 2.76 bits per heavy atom. The summed E-state index contributed by atoms with van der Waals surface area (Å²) in [5.74, 6) is 0.708. The zero-order chi connectivity index (χ0) is 17.2. The molecule has 1 heterocycles. The van der Waals surface area contributed by atoms with Gasteiger partial charge in [0.2, 0.25) is 0 Å². The third-order valence-corrected chi connectivity index (χ3v) is 3.80. The molecule has 2 rings (SSSR count). The molecule has 7 heteroatoms. The Morgan fingerprint density at radius 1 is 1.28 bits per heavy atom. The van der Waals surface area contributed by atoms with Gasteiger partial charge in [0.25, 0.3) is 5.91 Å². The van der Waals surface area contributed by atoms with Crippen molar-refractivity contribution in [2.75, 3.05) is 32.8 Å². The van der Waals surface area contributed by atoms with Crippen molar-refractivity contribution in [2.24, 2.45) is 4.99 Å². The molecule has 25 heavy (non-hydrogen) atoms. The van der Waals surface area contributed by atoms with Crippen LogP contribution in [0.25, 0.3) is 0 Å². The predicted molar refractivity (Wildman–Crippen MR) is 112 cm³/mol. The molecular formula is C18H29IN4O2. The number of hydrogen-bond acceptors (Lipinski definition) is 3. The number of carbonyl (C=O) groups excluding carboxylic acids is 1. The van der Waals surface area contributed by atoms with Crippen LogP contribution in [0, 0.1) is 6.92 Å². The van der Waals surface area contributed by atoms with Crippen LogP contribution in [0.15, 0.2) is 29.3 Å². The van der Waals surface area contributed by atoms with Gasteiger partial charge in [0.05, 0.1) is 12.6 Å². The number of halogens is 1. The van der Waals surface area contributed by atoms with Gasteiger partial charge in [-0.2, -0.15) is 0 Å². The first-order chi connectivity index (χ1) is 11.7. The van der Waals surface area contributed by atoms with Crippen molar-refractivity contribution >= 4 is 35.8 Å². The van der Waals surface area contributed by atoms with Gasteiger partial charge in [-0.05, 0) is 38.8 Å². The lowest BCUT2D eigenvalue weighted by molar-refractivity contribution is 0.0954. The highest BCUT2D eigenvalue weighted by Gasteiger charge is 2.14. The number of amides is 1. The molecule has 1 aromatic rings. The predicted octanol–water partition coefficient (Wildman–Crippen LogP) is 2.08. The standard InChI is InChI=1S/C18H28N4O2.HI/c1-3-19-18(22-13-16-8-5-11-24-16)21-10-9-20-17(23)15-7-4-6-14(2)12-15;/h4,6-7,12,16H,3,5,8-11,13H2,1-2H3,(H,20,23)(H2,19,21,22);1H. The summed E-state index contributed by atoms with van der Waals surface area (Å²) < 4.78 is 5.58. The van der Waals surface area contributed by atoms with Crippen LogP contribution in [0.4, 0.5) is 0 Å². The van der Waals surface area contributed by atoms with E-state index in [4.69, 9.17) is 4.74 Å². The van der Waals surface area contributed by atoms with Crippen molar-refractivity contribution < 1.29 is 9.53 Å². The first-order valence-corrected chi connectivity index (χ1v) is 8.67. The Bertz CT molecular complexity index is 560. The minimum absolute atomic E-state index is 0. The zero-order valence-corrected chi connectivity index (χ0v) is 17.3. The summed E-state index contributed by atoms with van der Waals surface area (Å²) in [5, 5.41) is 9.35. The van der Waals surface area contributed by atoms with Crippen molar-refractivity contribution in [3.63, 3.8) is 0 Å². The molecular weight excluding hydrogens is 431 g/mol. The lowest BCUT2D eigenvalue weighted by Gasteiger charge is -2.13. The fourth-order valence-electron chi connectivity index (χ4n) is 2.57. The van der Waals surface area contributed by atoms with Gasteiger partial charge in [0.1, 0.15) is 0 Å². The topological polar surface area (TPSA) is 74.8 Å².